The van der Waals surface area contributed by atoms with Crippen LogP contribution in [0.25, 0.3) is 0 Å². The lowest BCUT2D eigenvalue weighted by atomic mass is 9.83. The summed E-state index contributed by atoms with van der Waals surface area (Å²) in [6.07, 6.45) is 2.01. The van der Waals surface area contributed by atoms with Crippen LogP contribution in [0.5, 0.6) is 0 Å². The molecule has 160 valence electrons. The van der Waals surface area contributed by atoms with Gasteiger partial charge in [0.05, 0.1) is 0 Å². The van der Waals surface area contributed by atoms with Crippen molar-refractivity contribution in [1.82, 2.24) is 0 Å². The van der Waals surface area contributed by atoms with Crippen LogP contribution in [-0.2, 0) is 10.0 Å². The van der Waals surface area contributed by atoms with Gasteiger partial charge >= 0.3 is 8.64 Å². The molecule has 0 aliphatic carbocycles. The molecule has 1 saturated heterocycles. The van der Waals surface area contributed by atoms with E-state index in [1.54, 1.807) is 0 Å². The maximum Gasteiger partial charge on any atom is 0.414 e. The van der Waals surface area contributed by atoms with Crippen LogP contribution in [-0.4, -0.2) is 8.64 Å². The molecule has 2 N–H and O–H groups in total. The van der Waals surface area contributed by atoms with Gasteiger partial charge in [-0.1, -0.05) is 97.1 Å². The highest BCUT2D eigenvalue weighted by atomic mass is 28.4. The summed E-state index contributed by atoms with van der Waals surface area (Å²) in [5.74, 6) is 0. The number of anilines is 2. The van der Waals surface area contributed by atoms with Gasteiger partial charge in [-0.15, -0.1) is 0 Å². The molecular formula is C28H28N2OSi. The van der Waals surface area contributed by atoms with E-state index >= 15 is 0 Å². The van der Waals surface area contributed by atoms with E-state index in [2.05, 4.69) is 119 Å². The molecule has 1 fully saturated rings. The molecule has 1 aliphatic heterocycles. The number of hydrogen-bond donors (Lipinski definition) is 2. The summed E-state index contributed by atoms with van der Waals surface area (Å²) in [4.78, 5) is 7.69. The zero-order valence-electron chi connectivity index (χ0n) is 18.1. The second-order valence-electron chi connectivity index (χ2n) is 8.32. The molecule has 0 bridgehead atoms. The van der Waals surface area contributed by atoms with Gasteiger partial charge in [-0.2, -0.15) is 0 Å². The highest BCUT2D eigenvalue weighted by Crippen LogP contribution is 2.45. The van der Waals surface area contributed by atoms with E-state index in [1.165, 1.54) is 11.1 Å². The van der Waals surface area contributed by atoms with Crippen LogP contribution in [0.2, 0.25) is 6.04 Å². The van der Waals surface area contributed by atoms with Crippen molar-refractivity contribution in [2.24, 2.45) is 0 Å². The van der Waals surface area contributed by atoms with Crippen LogP contribution in [0.4, 0.5) is 11.4 Å². The normalized spacial score (nSPS) is 16.8. The molecule has 0 aromatic heterocycles. The fraction of sp³-hybridized carbons (Fsp3) is 0.143. The van der Waals surface area contributed by atoms with Crippen molar-refractivity contribution in [3.8, 4) is 0 Å². The summed E-state index contributed by atoms with van der Waals surface area (Å²) < 4.78 is 7.36. The van der Waals surface area contributed by atoms with Gasteiger partial charge in [-0.05, 0) is 48.2 Å². The summed E-state index contributed by atoms with van der Waals surface area (Å²) >= 11 is 0. The Morgan fingerprint density at radius 3 is 1.41 bits per heavy atom. The molecular weight excluding hydrogens is 408 g/mol. The fourth-order valence-corrected chi connectivity index (χ4v) is 8.08. The highest BCUT2D eigenvalue weighted by molar-refractivity contribution is 6.80. The quantitative estimate of drug-likeness (QED) is 0.322. The van der Waals surface area contributed by atoms with E-state index < -0.39 is 14.2 Å². The van der Waals surface area contributed by atoms with Gasteiger partial charge < -0.3 is 14.4 Å². The summed E-state index contributed by atoms with van der Waals surface area (Å²) in [7, 11) is -2.67. The predicted molar refractivity (Wildman–Crippen MR) is 135 cm³/mol. The summed E-state index contributed by atoms with van der Waals surface area (Å²) in [6.45, 7) is 0. The highest BCUT2D eigenvalue weighted by Gasteiger charge is 2.51. The van der Waals surface area contributed by atoms with Crippen molar-refractivity contribution in [2.45, 2.75) is 24.5 Å². The Hall–Kier alpha value is -3.34. The van der Waals surface area contributed by atoms with Crippen molar-refractivity contribution in [3.63, 3.8) is 0 Å². The van der Waals surface area contributed by atoms with Gasteiger partial charge in [-0.25, -0.2) is 0 Å². The average Bonchev–Trinajstić information content (AvgIpc) is 2.86. The third-order valence-corrected chi connectivity index (χ3v) is 9.27. The van der Waals surface area contributed by atoms with Gasteiger partial charge in [0, 0.05) is 17.4 Å². The molecule has 3 nitrogen and oxygen atoms in total. The van der Waals surface area contributed by atoms with Crippen LogP contribution in [0, 0.1) is 0 Å². The van der Waals surface area contributed by atoms with E-state index in [1.807, 2.05) is 12.1 Å². The Balaban J connectivity index is 1.61. The van der Waals surface area contributed by atoms with Crippen LogP contribution in [0.1, 0.15) is 24.0 Å². The fourth-order valence-electron chi connectivity index (χ4n) is 4.69. The largest absolute Gasteiger partial charge is 0.414 e. The number of para-hydroxylation sites is 2. The van der Waals surface area contributed by atoms with E-state index in [-0.39, 0.29) is 0 Å². The predicted octanol–water partition coefficient (Wildman–Crippen LogP) is 6.90. The first-order valence-corrected chi connectivity index (χ1v) is 13.4. The Labute approximate surface area is 191 Å². The molecule has 4 heteroatoms. The lowest BCUT2D eigenvalue weighted by molar-refractivity contribution is 0.0725. The maximum atomic E-state index is 7.36. The molecule has 1 aliphatic rings. The van der Waals surface area contributed by atoms with E-state index in [4.69, 9.17) is 4.43 Å². The topological polar surface area (TPSA) is 33.3 Å². The zero-order valence-corrected chi connectivity index (χ0v) is 19.1. The van der Waals surface area contributed by atoms with Crippen molar-refractivity contribution in [1.29, 1.82) is 0 Å². The third kappa shape index (κ3) is 4.20. The number of nitrogens with one attached hydrogen (secondary N) is 2. The Morgan fingerprint density at radius 1 is 0.562 bits per heavy atom. The van der Waals surface area contributed by atoms with Crippen molar-refractivity contribution in [3.05, 3.63) is 132 Å². The summed E-state index contributed by atoms with van der Waals surface area (Å²) in [5, 5.41) is 0. The Morgan fingerprint density at radius 2 is 0.969 bits per heavy atom. The molecule has 0 amide bonds. The van der Waals surface area contributed by atoms with E-state index in [9.17, 15) is 0 Å². The summed E-state index contributed by atoms with van der Waals surface area (Å²) in [6, 6.07) is 43.2. The lowest BCUT2D eigenvalue weighted by Crippen LogP contribution is -2.62. The minimum Gasteiger partial charge on any atom is -0.373 e. The first-order chi connectivity index (χ1) is 15.8. The molecule has 0 atom stereocenters. The maximum absolute atomic E-state index is 7.36. The lowest BCUT2D eigenvalue weighted by Gasteiger charge is -2.48. The number of benzene rings is 4. The summed E-state index contributed by atoms with van der Waals surface area (Å²) in [5.41, 5.74) is 4.07. The van der Waals surface area contributed by atoms with Crippen LogP contribution in [0.15, 0.2) is 121 Å². The number of rotatable bonds is 6. The van der Waals surface area contributed by atoms with Gasteiger partial charge in [0.2, 0.25) is 0 Å². The van der Waals surface area contributed by atoms with Crippen LogP contribution < -0.4 is 9.96 Å². The second-order valence-corrected chi connectivity index (χ2v) is 11.2. The molecule has 32 heavy (non-hydrogen) atoms. The molecule has 4 aromatic rings. The molecule has 4 aromatic carbocycles. The van der Waals surface area contributed by atoms with Crippen molar-refractivity contribution >= 4 is 20.0 Å². The minimum absolute atomic E-state index is 0.503. The monoisotopic (exact) mass is 436 g/mol. The van der Waals surface area contributed by atoms with Crippen LogP contribution in [0.3, 0.4) is 0 Å². The van der Waals surface area contributed by atoms with E-state index in [0.717, 1.165) is 30.3 Å². The van der Waals surface area contributed by atoms with E-state index in [0.29, 0.717) is 0 Å². The smallest absolute Gasteiger partial charge is 0.373 e. The third-order valence-electron chi connectivity index (χ3n) is 6.13. The Kier molecular flexibility index (Phi) is 5.80. The standard InChI is InChI=1S/C28H28N2OSi/c1-5-14-24(15-6-1)28(25-16-7-2-8-17-25)22-13-23-32(31-28,29-26-18-9-3-10-19-26)30-27-20-11-4-12-21-27/h1-12,14-21,29-30H,13,22-23H2. The molecule has 0 unspecified atom stereocenters. The zero-order chi connectivity index (χ0) is 21.7. The Bertz CT molecular complexity index is 1040. The first-order valence-electron chi connectivity index (χ1n) is 11.3. The molecule has 0 spiro atoms. The van der Waals surface area contributed by atoms with Crippen molar-refractivity contribution in [2.75, 3.05) is 9.96 Å². The van der Waals surface area contributed by atoms with Gasteiger partial charge in [0.1, 0.15) is 5.60 Å². The molecule has 5 rings (SSSR count). The molecule has 0 radical (unpaired) electrons. The average molecular weight is 437 g/mol. The van der Waals surface area contributed by atoms with Gasteiger partial charge in [-0.3, -0.25) is 0 Å². The van der Waals surface area contributed by atoms with Crippen molar-refractivity contribution < 1.29 is 4.43 Å². The van der Waals surface area contributed by atoms with Gasteiger partial charge in [0.25, 0.3) is 0 Å². The first kappa shape index (κ1) is 20.6. The van der Waals surface area contributed by atoms with Crippen LogP contribution >= 0.6 is 0 Å². The second kappa shape index (κ2) is 9.03. The SMILES string of the molecule is c1ccc(N[Si]2(Nc3ccccc3)CCCC(c3ccccc3)(c3ccccc3)O2)cc1. The number of hydrogen-bond acceptors (Lipinski definition) is 3. The minimum atomic E-state index is -2.67. The van der Waals surface area contributed by atoms with Gasteiger partial charge in [0.15, 0.2) is 0 Å². The molecule has 0 saturated carbocycles. The molecule has 1 heterocycles.